The summed E-state index contributed by atoms with van der Waals surface area (Å²) < 4.78 is 10.9. The lowest BCUT2D eigenvalue weighted by molar-refractivity contribution is -0.129. The van der Waals surface area contributed by atoms with Crippen molar-refractivity contribution >= 4 is 40.5 Å². The number of halogens is 1. The molecule has 3 aromatic carbocycles. The number of fused-ring (bicyclic) bond motifs is 1. The molecular formula is C33H30ClNO4. The zero-order valence-corrected chi connectivity index (χ0v) is 22.7. The van der Waals surface area contributed by atoms with Gasteiger partial charge in [-0.2, -0.15) is 0 Å². The third-order valence-electron chi connectivity index (χ3n) is 6.91. The summed E-state index contributed by atoms with van der Waals surface area (Å²) in [4.78, 5) is 29.7. The van der Waals surface area contributed by atoms with Crippen molar-refractivity contribution in [1.29, 1.82) is 0 Å². The van der Waals surface area contributed by atoms with Crippen molar-refractivity contribution in [3.63, 3.8) is 0 Å². The molecule has 2 heterocycles. The van der Waals surface area contributed by atoms with E-state index in [-0.39, 0.29) is 22.6 Å². The Morgan fingerprint density at radius 3 is 2.23 bits per heavy atom. The van der Waals surface area contributed by atoms with Crippen LogP contribution in [0.3, 0.4) is 0 Å². The number of benzene rings is 3. The van der Waals surface area contributed by atoms with Crippen molar-refractivity contribution in [2.75, 3.05) is 0 Å². The Morgan fingerprint density at radius 1 is 0.821 bits per heavy atom. The van der Waals surface area contributed by atoms with Crippen LogP contribution in [0.4, 0.5) is 0 Å². The molecule has 0 fully saturated rings. The smallest absolute Gasteiger partial charge is 0.363 e. The Kier molecular flexibility index (Phi) is 8.38. The highest BCUT2D eigenvalue weighted by Crippen LogP contribution is 2.24. The quantitative estimate of drug-likeness (QED) is 0.115. The van der Waals surface area contributed by atoms with Gasteiger partial charge in [0.05, 0.1) is 10.9 Å². The molecule has 6 heteroatoms. The van der Waals surface area contributed by atoms with Gasteiger partial charge in [-0.05, 0) is 65.9 Å². The largest absolute Gasteiger partial charge is 0.463 e. The van der Waals surface area contributed by atoms with Gasteiger partial charge in [-0.1, -0.05) is 87.0 Å². The molecule has 0 amide bonds. The molecule has 0 aliphatic carbocycles. The van der Waals surface area contributed by atoms with Crippen LogP contribution in [0, 0.1) is 0 Å². The van der Waals surface area contributed by atoms with Gasteiger partial charge in [0.2, 0.25) is 5.90 Å². The minimum atomic E-state index is -0.624. The van der Waals surface area contributed by atoms with E-state index < -0.39 is 5.97 Å². The standard InChI is InChI=1S/C33H30ClNO4/c1-2-3-4-5-6-7-8-22-9-11-23(12-10-22)24-13-15-25(16-14-24)32-35-29(33(37)39-32)19-26-21-38-30-18-17-27(34)20-28(30)31(26)36/h9-21H,2-8H2,1H3/b29-19-. The highest BCUT2D eigenvalue weighted by molar-refractivity contribution is 6.31. The molecule has 39 heavy (non-hydrogen) atoms. The van der Waals surface area contributed by atoms with Crippen molar-refractivity contribution in [2.45, 2.75) is 51.9 Å². The van der Waals surface area contributed by atoms with Gasteiger partial charge in [0.1, 0.15) is 11.8 Å². The molecule has 5 nitrogen and oxygen atoms in total. The van der Waals surface area contributed by atoms with E-state index in [2.05, 4.69) is 36.2 Å². The molecule has 198 valence electrons. The summed E-state index contributed by atoms with van der Waals surface area (Å²) in [6.07, 6.45) is 11.6. The number of rotatable bonds is 10. The fraction of sp³-hybridized carbons (Fsp3) is 0.242. The van der Waals surface area contributed by atoms with Gasteiger partial charge in [-0.3, -0.25) is 4.79 Å². The average molecular weight is 540 g/mol. The first-order valence-corrected chi connectivity index (χ1v) is 13.8. The van der Waals surface area contributed by atoms with E-state index in [0.29, 0.717) is 21.6 Å². The van der Waals surface area contributed by atoms with E-state index in [1.165, 1.54) is 62.5 Å². The fourth-order valence-corrected chi connectivity index (χ4v) is 4.85. The van der Waals surface area contributed by atoms with Gasteiger partial charge in [0.25, 0.3) is 0 Å². The van der Waals surface area contributed by atoms with Crippen LogP contribution >= 0.6 is 11.6 Å². The predicted molar refractivity (Wildman–Crippen MR) is 157 cm³/mol. The van der Waals surface area contributed by atoms with Gasteiger partial charge in [0.15, 0.2) is 11.1 Å². The molecule has 0 N–H and O–H groups in total. The van der Waals surface area contributed by atoms with E-state index in [0.717, 1.165) is 17.5 Å². The second kappa shape index (κ2) is 12.3. The highest BCUT2D eigenvalue weighted by Gasteiger charge is 2.25. The zero-order chi connectivity index (χ0) is 27.2. The molecule has 4 aromatic rings. The Labute approximate surface area is 232 Å². The number of ether oxygens (including phenoxy) is 1. The lowest BCUT2D eigenvalue weighted by Crippen LogP contribution is -2.07. The lowest BCUT2D eigenvalue weighted by atomic mass is 10.00. The normalized spacial score (nSPS) is 14.2. The number of aryl methyl sites for hydroxylation is 1. The Bertz CT molecular complexity index is 1600. The summed E-state index contributed by atoms with van der Waals surface area (Å²) in [5.41, 5.74) is 4.57. The van der Waals surface area contributed by atoms with Crippen molar-refractivity contribution in [2.24, 2.45) is 4.99 Å². The monoisotopic (exact) mass is 539 g/mol. The molecular weight excluding hydrogens is 510 g/mol. The first-order chi connectivity index (χ1) is 19.0. The van der Waals surface area contributed by atoms with Crippen LogP contribution in [-0.2, 0) is 16.0 Å². The highest BCUT2D eigenvalue weighted by atomic mass is 35.5. The third-order valence-corrected chi connectivity index (χ3v) is 7.15. The molecule has 0 saturated heterocycles. The van der Waals surface area contributed by atoms with E-state index >= 15 is 0 Å². The number of nitrogens with zero attached hydrogens (tertiary/aromatic N) is 1. The van der Waals surface area contributed by atoms with E-state index in [1.54, 1.807) is 12.1 Å². The molecule has 1 aromatic heterocycles. The minimum Gasteiger partial charge on any atom is -0.463 e. The van der Waals surface area contributed by atoms with E-state index in [1.807, 2.05) is 24.3 Å². The van der Waals surface area contributed by atoms with Crippen LogP contribution in [0.2, 0.25) is 5.02 Å². The SMILES string of the molecule is CCCCCCCCc1ccc(-c2ccc(C3=N/C(=C\c4coc5ccc(Cl)cc5c4=O)C(=O)O3)cc2)cc1. The molecule has 5 rings (SSSR count). The van der Waals surface area contributed by atoms with Crippen molar-refractivity contribution in [3.05, 3.63) is 111 Å². The van der Waals surface area contributed by atoms with Crippen LogP contribution in [0.25, 0.3) is 28.2 Å². The Balaban J connectivity index is 1.27. The fourth-order valence-electron chi connectivity index (χ4n) is 4.68. The Morgan fingerprint density at radius 2 is 1.49 bits per heavy atom. The van der Waals surface area contributed by atoms with Gasteiger partial charge < -0.3 is 9.15 Å². The van der Waals surface area contributed by atoms with E-state index in [9.17, 15) is 9.59 Å². The van der Waals surface area contributed by atoms with E-state index in [4.69, 9.17) is 20.8 Å². The Hall–Kier alpha value is -3.96. The summed E-state index contributed by atoms with van der Waals surface area (Å²) in [7, 11) is 0. The van der Waals surface area contributed by atoms with Gasteiger partial charge in [-0.15, -0.1) is 0 Å². The first-order valence-electron chi connectivity index (χ1n) is 13.4. The van der Waals surface area contributed by atoms with Crippen LogP contribution in [0.15, 0.2) is 92.9 Å². The molecule has 0 bridgehead atoms. The maximum absolute atomic E-state index is 12.9. The molecule has 0 radical (unpaired) electrons. The molecule has 0 saturated carbocycles. The molecule has 0 spiro atoms. The molecule has 0 atom stereocenters. The van der Waals surface area contributed by atoms with Crippen molar-refractivity contribution in [1.82, 2.24) is 0 Å². The maximum Gasteiger partial charge on any atom is 0.363 e. The zero-order valence-electron chi connectivity index (χ0n) is 21.9. The average Bonchev–Trinajstić information content (AvgIpc) is 3.32. The number of cyclic esters (lactones) is 1. The predicted octanol–water partition coefficient (Wildman–Crippen LogP) is 8.36. The number of hydrogen-bond donors (Lipinski definition) is 0. The number of esters is 1. The van der Waals surface area contributed by atoms with Gasteiger partial charge in [0, 0.05) is 10.6 Å². The van der Waals surface area contributed by atoms with Crippen molar-refractivity contribution < 1.29 is 13.9 Å². The van der Waals surface area contributed by atoms with Gasteiger partial charge in [-0.25, -0.2) is 9.79 Å². The third kappa shape index (κ3) is 6.37. The lowest BCUT2D eigenvalue weighted by Gasteiger charge is -2.06. The number of carbonyl (C=O) groups is 1. The van der Waals surface area contributed by atoms with Crippen LogP contribution in [0.1, 0.15) is 62.1 Å². The number of hydrogen-bond acceptors (Lipinski definition) is 5. The summed E-state index contributed by atoms with van der Waals surface area (Å²) in [5, 5.41) is 0.756. The summed E-state index contributed by atoms with van der Waals surface area (Å²) in [6.45, 7) is 2.24. The second-order valence-electron chi connectivity index (χ2n) is 9.79. The van der Waals surface area contributed by atoms with Crippen LogP contribution in [0.5, 0.6) is 0 Å². The van der Waals surface area contributed by atoms with Crippen LogP contribution < -0.4 is 5.43 Å². The number of unbranched alkanes of at least 4 members (excludes halogenated alkanes) is 5. The maximum atomic E-state index is 12.9. The molecule has 0 unspecified atom stereocenters. The minimum absolute atomic E-state index is 0.0312. The molecule has 1 aliphatic heterocycles. The summed E-state index contributed by atoms with van der Waals surface area (Å²) in [5.74, 6) is -0.430. The number of carbonyl (C=O) groups excluding carboxylic acids is 1. The first kappa shape index (κ1) is 26.6. The summed E-state index contributed by atoms with van der Waals surface area (Å²) >= 11 is 6.02. The molecule has 1 aliphatic rings. The second-order valence-corrected chi connectivity index (χ2v) is 10.2. The summed E-state index contributed by atoms with van der Waals surface area (Å²) in [6, 6.07) is 21.2. The topological polar surface area (TPSA) is 68.9 Å². The number of aliphatic imine (C=N–C) groups is 1. The van der Waals surface area contributed by atoms with Crippen molar-refractivity contribution in [3.8, 4) is 11.1 Å². The van der Waals surface area contributed by atoms with Crippen LogP contribution in [-0.4, -0.2) is 11.9 Å². The van der Waals surface area contributed by atoms with Gasteiger partial charge >= 0.3 is 5.97 Å².